The van der Waals surface area contributed by atoms with Crippen molar-refractivity contribution in [3.8, 4) is 0 Å². The van der Waals surface area contributed by atoms with Crippen LogP contribution in [0.3, 0.4) is 0 Å². The number of hydrogen-bond acceptors (Lipinski definition) is 2. The van der Waals surface area contributed by atoms with Crippen molar-refractivity contribution >= 4 is 0 Å². The molecule has 0 saturated heterocycles. The Morgan fingerprint density at radius 1 is 1.70 bits per heavy atom. The fourth-order valence-corrected chi connectivity index (χ4v) is 0.687. The summed E-state index contributed by atoms with van der Waals surface area (Å²) in [7, 11) is 0. The average molecular weight is 144 g/mol. The second-order valence-electron chi connectivity index (χ2n) is 2.84. The molecule has 0 aromatic carbocycles. The van der Waals surface area contributed by atoms with Crippen molar-refractivity contribution in [3.05, 3.63) is 12.7 Å². The van der Waals surface area contributed by atoms with Crippen molar-refractivity contribution in [1.29, 1.82) is 0 Å². The summed E-state index contributed by atoms with van der Waals surface area (Å²) in [6.45, 7) is 7.20. The molecule has 0 rings (SSSR count). The molecule has 2 atom stereocenters. The zero-order valence-corrected chi connectivity index (χ0v) is 6.67. The van der Waals surface area contributed by atoms with Crippen LogP contribution in [0.2, 0.25) is 0 Å². The quantitative estimate of drug-likeness (QED) is 0.576. The summed E-state index contributed by atoms with van der Waals surface area (Å²) in [6.07, 6.45) is 2.12. The molecule has 10 heavy (non-hydrogen) atoms. The van der Waals surface area contributed by atoms with Crippen molar-refractivity contribution in [1.82, 2.24) is 0 Å². The van der Waals surface area contributed by atoms with Crippen LogP contribution in [0.15, 0.2) is 12.7 Å². The smallest absolute Gasteiger partial charge is 0.0823 e. The normalized spacial score (nSPS) is 19.6. The van der Waals surface area contributed by atoms with Gasteiger partial charge in [0.05, 0.1) is 5.60 Å². The van der Waals surface area contributed by atoms with Gasteiger partial charge in [-0.3, -0.25) is 0 Å². The minimum absolute atomic E-state index is 0.0648. The summed E-state index contributed by atoms with van der Waals surface area (Å²) in [6, 6.07) is 0. The highest BCUT2D eigenvalue weighted by atomic mass is 16.3. The fourth-order valence-electron chi connectivity index (χ4n) is 0.687. The third-order valence-electron chi connectivity index (χ3n) is 1.97. The molecule has 0 spiro atoms. The molecule has 0 unspecified atom stereocenters. The fraction of sp³-hybridized carbons (Fsp3) is 0.750. The molecule has 0 saturated carbocycles. The van der Waals surface area contributed by atoms with Crippen molar-refractivity contribution in [2.45, 2.75) is 25.9 Å². The lowest BCUT2D eigenvalue weighted by Gasteiger charge is -2.25. The van der Waals surface area contributed by atoms with Gasteiger partial charge in [-0.05, 0) is 19.3 Å². The second-order valence-corrected chi connectivity index (χ2v) is 2.84. The Bertz CT molecular complexity index is 108. The molecule has 0 aliphatic heterocycles. The maximum absolute atomic E-state index is 9.49. The summed E-state index contributed by atoms with van der Waals surface area (Å²) < 4.78 is 0. The molecule has 0 aliphatic rings. The van der Waals surface area contributed by atoms with Gasteiger partial charge in [-0.25, -0.2) is 0 Å². The summed E-state index contributed by atoms with van der Waals surface area (Å²) in [5.74, 6) is 0.0648. The van der Waals surface area contributed by atoms with Crippen LogP contribution in [-0.2, 0) is 0 Å². The highest BCUT2D eigenvalue weighted by Gasteiger charge is 2.23. The summed E-state index contributed by atoms with van der Waals surface area (Å²) in [5.41, 5.74) is -0.845. The van der Waals surface area contributed by atoms with E-state index in [-0.39, 0.29) is 12.5 Å². The largest absolute Gasteiger partial charge is 0.396 e. The Labute approximate surface area is 62.2 Å². The summed E-state index contributed by atoms with van der Waals surface area (Å²) >= 11 is 0. The van der Waals surface area contributed by atoms with Gasteiger partial charge in [0.15, 0.2) is 0 Å². The van der Waals surface area contributed by atoms with E-state index >= 15 is 0 Å². The molecule has 0 aromatic heterocycles. The van der Waals surface area contributed by atoms with Crippen LogP contribution in [0.25, 0.3) is 0 Å². The molecule has 2 nitrogen and oxygen atoms in total. The summed E-state index contributed by atoms with van der Waals surface area (Å²) in [5, 5.41) is 18.0. The first-order chi connectivity index (χ1) is 4.54. The maximum atomic E-state index is 9.49. The monoisotopic (exact) mass is 144 g/mol. The second kappa shape index (κ2) is 3.74. The lowest BCUT2D eigenvalue weighted by atomic mass is 9.89. The Kier molecular flexibility index (Phi) is 3.61. The van der Waals surface area contributed by atoms with Gasteiger partial charge in [0.1, 0.15) is 0 Å². The number of aliphatic hydroxyl groups excluding tert-OH is 1. The van der Waals surface area contributed by atoms with Crippen molar-refractivity contribution in [2.24, 2.45) is 5.92 Å². The maximum Gasteiger partial charge on any atom is 0.0823 e. The zero-order valence-electron chi connectivity index (χ0n) is 6.67. The van der Waals surface area contributed by atoms with Gasteiger partial charge in [0.2, 0.25) is 0 Å². The van der Waals surface area contributed by atoms with Gasteiger partial charge in [0, 0.05) is 6.61 Å². The standard InChI is InChI=1S/C8H16O2/c1-4-8(3,10)7(2)5-6-9/h4,7,9-10H,1,5-6H2,2-3H3/t7-,8+/m0/s1. The van der Waals surface area contributed by atoms with E-state index in [9.17, 15) is 5.11 Å². The van der Waals surface area contributed by atoms with Gasteiger partial charge in [-0.2, -0.15) is 0 Å². The molecule has 0 amide bonds. The van der Waals surface area contributed by atoms with Crippen LogP contribution >= 0.6 is 0 Å². The van der Waals surface area contributed by atoms with Gasteiger partial charge < -0.3 is 10.2 Å². The van der Waals surface area contributed by atoms with Crippen LogP contribution in [0.5, 0.6) is 0 Å². The first-order valence-electron chi connectivity index (χ1n) is 3.51. The van der Waals surface area contributed by atoms with E-state index in [1.165, 1.54) is 6.08 Å². The van der Waals surface area contributed by atoms with E-state index in [4.69, 9.17) is 5.11 Å². The van der Waals surface area contributed by atoms with E-state index in [1.807, 2.05) is 6.92 Å². The van der Waals surface area contributed by atoms with Crippen LogP contribution in [0, 0.1) is 5.92 Å². The molecular formula is C8H16O2. The predicted molar refractivity (Wildman–Crippen MR) is 41.7 cm³/mol. The zero-order chi connectivity index (χ0) is 8.20. The molecule has 0 radical (unpaired) electrons. The Morgan fingerprint density at radius 3 is 2.50 bits per heavy atom. The third-order valence-corrected chi connectivity index (χ3v) is 1.97. The van der Waals surface area contributed by atoms with Gasteiger partial charge >= 0.3 is 0 Å². The topological polar surface area (TPSA) is 40.5 Å². The van der Waals surface area contributed by atoms with Crippen LogP contribution in [0.4, 0.5) is 0 Å². The first kappa shape index (κ1) is 9.66. The third kappa shape index (κ3) is 2.50. The van der Waals surface area contributed by atoms with E-state index in [0.717, 1.165) is 0 Å². The van der Waals surface area contributed by atoms with Crippen LogP contribution in [0.1, 0.15) is 20.3 Å². The number of rotatable bonds is 4. The molecule has 0 aromatic rings. The van der Waals surface area contributed by atoms with E-state index in [0.29, 0.717) is 6.42 Å². The SMILES string of the molecule is C=C[C@@](C)(O)[C@@H](C)CCO. The molecule has 0 fully saturated rings. The Balaban J connectivity index is 3.90. The summed E-state index contributed by atoms with van der Waals surface area (Å²) in [4.78, 5) is 0. The molecular weight excluding hydrogens is 128 g/mol. The molecule has 0 heterocycles. The first-order valence-corrected chi connectivity index (χ1v) is 3.51. The highest BCUT2D eigenvalue weighted by molar-refractivity contribution is 4.95. The van der Waals surface area contributed by atoms with Gasteiger partial charge in [0.25, 0.3) is 0 Å². The van der Waals surface area contributed by atoms with Crippen LogP contribution in [-0.4, -0.2) is 22.4 Å². The molecule has 2 heteroatoms. The van der Waals surface area contributed by atoms with Gasteiger partial charge in [-0.1, -0.05) is 13.0 Å². The molecule has 0 aliphatic carbocycles. The minimum atomic E-state index is -0.845. The molecule has 0 bridgehead atoms. The van der Waals surface area contributed by atoms with Gasteiger partial charge in [-0.15, -0.1) is 6.58 Å². The molecule has 2 N–H and O–H groups in total. The highest BCUT2D eigenvalue weighted by Crippen LogP contribution is 2.20. The number of aliphatic hydroxyl groups is 2. The Morgan fingerprint density at radius 2 is 2.20 bits per heavy atom. The van der Waals surface area contributed by atoms with E-state index in [1.54, 1.807) is 6.92 Å². The lowest BCUT2D eigenvalue weighted by Crippen LogP contribution is -2.30. The number of hydrogen-bond donors (Lipinski definition) is 2. The predicted octanol–water partition coefficient (Wildman–Crippen LogP) is 0.942. The Hall–Kier alpha value is -0.340. The van der Waals surface area contributed by atoms with Crippen LogP contribution < -0.4 is 0 Å². The van der Waals surface area contributed by atoms with Crippen molar-refractivity contribution < 1.29 is 10.2 Å². The van der Waals surface area contributed by atoms with E-state index in [2.05, 4.69) is 6.58 Å². The van der Waals surface area contributed by atoms with E-state index < -0.39 is 5.60 Å². The molecule has 60 valence electrons. The average Bonchev–Trinajstić information content (AvgIpc) is 1.89. The lowest BCUT2D eigenvalue weighted by molar-refractivity contribution is 0.0423. The van der Waals surface area contributed by atoms with Crippen molar-refractivity contribution in [2.75, 3.05) is 6.61 Å². The minimum Gasteiger partial charge on any atom is -0.396 e. The van der Waals surface area contributed by atoms with Crippen molar-refractivity contribution in [3.63, 3.8) is 0 Å².